The minimum absolute atomic E-state index is 0.287. The average molecular weight is 621 g/mol. The van der Waals surface area contributed by atoms with E-state index in [1.165, 1.54) is 23.4 Å². The lowest BCUT2D eigenvalue weighted by molar-refractivity contribution is -0.189. The van der Waals surface area contributed by atoms with Crippen LogP contribution in [0.2, 0.25) is 0 Å². The highest BCUT2D eigenvalue weighted by Crippen LogP contribution is 2.36. The summed E-state index contributed by atoms with van der Waals surface area (Å²) in [5, 5.41) is 0. The van der Waals surface area contributed by atoms with Gasteiger partial charge in [-0.3, -0.25) is 4.90 Å². The van der Waals surface area contributed by atoms with Gasteiger partial charge < -0.3 is 23.7 Å². The van der Waals surface area contributed by atoms with E-state index in [4.69, 9.17) is 19.2 Å². The van der Waals surface area contributed by atoms with E-state index in [1.807, 2.05) is 59.4 Å². The Labute approximate surface area is 268 Å². The predicted octanol–water partition coefficient (Wildman–Crippen LogP) is 5.46. The fraction of sp³-hybridized carbons (Fsp3) is 0.306. The van der Waals surface area contributed by atoms with Gasteiger partial charge in [-0.25, -0.2) is 19.3 Å². The molecule has 236 valence electrons. The second-order valence-corrected chi connectivity index (χ2v) is 11.8. The van der Waals surface area contributed by atoms with E-state index in [1.54, 1.807) is 24.7 Å². The third-order valence-corrected chi connectivity index (χ3v) is 8.61. The Hall–Kier alpha value is -4.64. The molecule has 10 heteroatoms. The molecule has 0 spiro atoms. The quantitative estimate of drug-likeness (QED) is 0.204. The summed E-state index contributed by atoms with van der Waals surface area (Å²) in [6.45, 7) is 7.81. The van der Waals surface area contributed by atoms with E-state index in [2.05, 4.69) is 38.8 Å². The van der Waals surface area contributed by atoms with Crippen molar-refractivity contribution >= 4 is 5.69 Å². The van der Waals surface area contributed by atoms with E-state index in [0.29, 0.717) is 19.8 Å². The second kappa shape index (κ2) is 13.4. The first-order chi connectivity index (χ1) is 22.5. The van der Waals surface area contributed by atoms with Crippen LogP contribution in [0.5, 0.6) is 5.75 Å². The largest absolute Gasteiger partial charge is 0.491 e. The number of hydrogen-bond acceptors (Lipinski definition) is 8. The number of ether oxygens (including phenoxy) is 3. The van der Waals surface area contributed by atoms with Gasteiger partial charge in [0.25, 0.3) is 0 Å². The molecule has 0 radical (unpaired) electrons. The van der Waals surface area contributed by atoms with Crippen LogP contribution in [0, 0.1) is 12.7 Å². The standard InChI is InChI=1S/C36H37FN6O3/c1-27-29(21-39-35(40-27)28-5-3-2-4-6-28)22-41-17-19-43(20-18-41)32-11-13-33(14-12-32)44-23-34-24-45-36(46-34,25-42-16-15-38-26-42)30-7-9-31(37)10-8-30/h2-16,21,26,34H,17-20,22-25H2,1H3/t34-,36-/m1/s1. The Morgan fingerprint density at radius 1 is 0.957 bits per heavy atom. The summed E-state index contributed by atoms with van der Waals surface area (Å²) >= 11 is 0. The number of nitrogens with zero attached hydrogens (tertiary/aromatic N) is 6. The number of benzene rings is 3. The lowest BCUT2D eigenvalue weighted by Crippen LogP contribution is -2.46. The van der Waals surface area contributed by atoms with Crippen LogP contribution in [0.15, 0.2) is 104 Å². The Morgan fingerprint density at radius 3 is 2.46 bits per heavy atom. The van der Waals surface area contributed by atoms with Crippen molar-refractivity contribution in [3.63, 3.8) is 0 Å². The van der Waals surface area contributed by atoms with E-state index >= 15 is 0 Å². The molecule has 46 heavy (non-hydrogen) atoms. The third kappa shape index (κ3) is 6.79. The molecule has 0 saturated carbocycles. The van der Waals surface area contributed by atoms with Crippen molar-refractivity contribution in [1.82, 2.24) is 24.4 Å². The summed E-state index contributed by atoms with van der Waals surface area (Å²) < 4.78 is 34.3. The first kappa shape index (κ1) is 30.0. The van der Waals surface area contributed by atoms with Crippen molar-refractivity contribution in [2.75, 3.05) is 44.3 Å². The van der Waals surface area contributed by atoms with Gasteiger partial charge in [0.05, 0.1) is 19.5 Å². The molecule has 2 saturated heterocycles. The maximum absolute atomic E-state index is 13.6. The predicted molar refractivity (Wildman–Crippen MR) is 173 cm³/mol. The van der Waals surface area contributed by atoms with Gasteiger partial charge >= 0.3 is 0 Å². The lowest BCUT2D eigenvalue weighted by Gasteiger charge is -2.36. The zero-order valence-electron chi connectivity index (χ0n) is 25.8. The Morgan fingerprint density at radius 2 is 1.74 bits per heavy atom. The van der Waals surface area contributed by atoms with Crippen LogP contribution in [-0.4, -0.2) is 69.9 Å². The van der Waals surface area contributed by atoms with Gasteiger partial charge in [-0.1, -0.05) is 42.5 Å². The molecular formula is C36H37FN6O3. The normalized spacial score (nSPS) is 20.2. The minimum Gasteiger partial charge on any atom is -0.491 e. The second-order valence-electron chi connectivity index (χ2n) is 11.8. The summed E-state index contributed by atoms with van der Waals surface area (Å²) in [7, 11) is 0. The topological polar surface area (TPSA) is 77.8 Å². The van der Waals surface area contributed by atoms with Crippen LogP contribution in [0.1, 0.15) is 16.8 Å². The van der Waals surface area contributed by atoms with E-state index < -0.39 is 5.79 Å². The van der Waals surface area contributed by atoms with Gasteiger partial charge in [0.15, 0.2) is 5.82 Å². The summed E-state index contributed by atoms with van der Waals surface area (Å²) in [6, 6.07) is 24.6. The van der Waals surface area contributed by atoms with Crippen LogP contribution in [0.25, 0.3) is 11.4 Å². The number of halogens is 1. The Kier molecular flexibility index (Phi) is 8.74. The van der Waals surface area contributed by atoms with Gasteiger partial charge in [-0.05, 0) is 43.3 Å². The molecule has 0 unspecified atom stereocenters. The molecule has 0 bridgehead atoms. The molecule has 0 amide bonds. The summed E-state index contributed by atoms with van der Waals surface area (Å²) in [6.07, 6.45) is 6.96. The van der Waals surface area contributed by atoms with Gasteiger partial charge in [-0.2, -0.15) is 0 Å². The monoisotopic (exact) mass is 620 g/mol. The minimum atomic E-state index is -1.05. The maximum Gasteiger partial charge on any atom is 0.214 e. The van der Waals surface area contributed by atoms with Crippen molar-refractivity contribution in [3.05, 3.63) is 126 Å². The lowest BCUT2D eigenvalue weighted by atomic mass is 10.1. The highest BCUT2D eigenvalue weighted by molar-refractivity contribution is 5.54. The molecule has 2 atom stereocenters. The summed E-state index contributed by atoms with van der Waals surface area (Å²) in [4.78, 5) is 18.4. The first-order valence-corrected chi connectivity index (χ1v) is 15.6. The van der Waals surface area contributed by atoms with Crippen molar-refractivity contribution < 1.29 is 18.6 Å². The molecule has 2 aliphatic rings. The molecular weight excluding hydrogens is 583 g/mol. The van der Waals surface area contributed by atoms with Gasteiger partial charge in [0, 0.05) is 79.4 Å². The molecule has 2 aromatic heterocycles. The van der Waals surface area contributed by atoms with Crippen molar-refractivity contribution in [2.24, 2.45) is 0 Å². The molecule has 7 rings (SSSR count). The number of aryl methyl sites for hydroxylation is 1. The number of imidazole rings is 1. The molecule has 4 heterocycles. The average Bonchev–Trinajstić information content (AvgIpc) is 3.77. The molecule has 2 aliphatic heterocycles. The number of anilines is 1. The molecule has 5 aromatic rings. The zero-order valence-corrected chi connectivity index (χ0v) is 25.8. The van der Waals surface area contributed by atoms with Crippen molar-refractivity contribution in [1.29, 1.82) is 0 Å². The number of piperazine rings is 1. The van der Waals surface area contributed by atoms with Crippen LogP contribution in [0.3, 0.4) is 0 Å². The number of hydrogen-bond donors (Lipinski definition) is 0. The van der Waals surface area contributed by atoms with Crippen LogP contribution in [0.4, 0.5) is 10.1 Å². The summed E-state index contributed by atoms with van der Waals surface area (Å²) in [5.41, 5.74) is 5.16. The first-order valence-electron chi connectivity index (χ1n) is 15.6. The molecule has 0 aliphatic carbocycles. The number of aromatic nitrogens is 4. The zero-order chi connectivity index (χ0) is 31.3. The highest BCUT2D eigenvalue weighted by Gasteiger charge is 2.44. The fourth-order valence-electron chi connectivity index (χ4n) is 6.02. The van der Waals surface area contributed by atoms with Gasteiger partial charge in [0.1, 0.15) is 24.3 Å². The van der Waals surface area contributed by atoms with Crippen LogP contribution in [-0.2, 0) is 28.4 Å². The Balaban J connectivity index is 0.906. The smallest absolute Gasteiger partial charge is 0.214 e. The van der Waals surface area contributed by atoms with Gasteiger partial charge in [0.2, 0.25) is 5.79 Å². The molecule has 2 fully saturated rings. The Bertz CT molecular complexity index is 1710. The van der Waals surface area contributed by atoms with Crippen LogP contribution < -0.4 is 9.64 Å². The number of rotatable bonds is 10. The van der Waals surface area contributed by atoms with Crippen molar-refractivity contribution in [2.45, 2.75) is 31.9 Å². The van der Waals surface area contributed by atoms with E-state index in [9.17, 15) is 4.39 Å². The van der Waals surface area contributed by atoms with E-state index in [-0.39, 0.29) is 11.9 Å². The summed E-state index contributed by atoms with van der Waals surface area (Å²) in [5.74, 6) is 0.187. The fourth-order valence-corrected chi connectivity index (χ4v) is 6.02. The maximum atomic E-state index is 13.6. The van der Waals surface area contributed by atoms with Crippen molar-refractivity contribution in [3.8, 4) is 17.1 Å². The van der Waals surface area contributed by atoms with Gasteiger partial charge in [-0.15, -0.1) is 0 Å². The highest BCUT2D eigenvalue weighted by atomic mass is 19.1. The van der Waals surface area contributed by atoms with Crippen LogP contribution >= 0.6 is 0 Å². The molecule has 3 aromatic carbocycles. The SMILES string of the molecule is Cc1nc(-c2ccccc2)ncc1CN1CCN(c2ccc(OC[C@@H]3CO[C@@](Cn4ccnc4)(c4ccc(F)cc4)O3)cc2)CC1. The van der Waals surface area contributed by atoms with E-state index in [0.717, 1.165) is 61.1 Å². The molecule has 9 nitrogen and oxygen atoms in total. The molecule has 0 N–H and O–H groups in total. The third-order valence-electron chi connectivity index (χ3n) is 8.61.